The molecule has 2 N–H and O–H groups in total. The van der Waals surface area contributed by atoms with Crippen molar-refractivity contribution in [1.29, 1.82) is 0 Å². The van der Waals surface area contributed by atoms with Crippen LogP contribution in [0, 0.1) is 11.7 Å². The van der Waals surface area contributed by atoms with Gasteiger partial charge in [-0.3, -0.25) is 4.79 Å². The molecule has 1 aliphatic carbocycles. The van der Waals surface area contributed by atoms with Crippen molar-refractivity contribution in [2.24, 2.45) is 5.92 Å². The van der Waals surface area contributed by atoms with Gasteiger partial charge in [0, 0.05) is 42.4 Å². The van der Waals surface area contributed by atoms with Crippen LogP contribution in [0.5, 0.6) is 0 Å². The maximum Gasteiger partial charge on any atom is 0.272 e. The number of aromatic amines is 1. The van der Waals surface area contributed by atoms with Gasteiger partial charge in [-0.25, -0.2) is 18.3 Å². The summed E-state index contributed by atoms with van der Waals surface area (Å²) in [6, 6.07) is 3.10. The van der Waals surface area contributed by atoms with Crippen molar-refractivity contribution in [2.45, 2.75) is 63.0 Å². The van der Waals surface area contributed by atoms with E-state index in [0.29, 0.717) is 41.6 Å². The summed E-state index contributed by atoms with van der Waals surface area (Å²) in [4.78, 5) is 14.4. The molecule has 3 heterocycles. The van der Waals surface area contributed by atoms with Crippen LogP contribution in [0.4, 0.5) is 18.9 Å². The van der Waals surface area contributed by atoms with Crippen LogP contribution in [0.2, 0.25) is 0 Å². The van der Waals surface area contributed by atoms with Crippen molar-refractivity contribution in [3.8, 4) is 0 Å². The Balaban J connectivity index is 1.28. The number of nitrogens with one attached hydrogen (secondary N) is 2. The summed E-state index contributed by atoms with van der Waals surface area (Å²) in [5.41, 5.74) is 1.06. The second kappa shape index (κ2) is 7.00. The second-order valence-corrected chi connectivity index (χ2v) is 8.79. The minimum atomic E-state index is -2.49. The molecule has 29 heavy (non-hydrogen) atoms. The van der Waals surface area contributed by atoms with Crippen LogP contribution in [0.15, 0.2) is 16.9 Å². The highest BCUT2D eigenvalue weighted by Gasteiger charge is 2.39. The maximum absolute atomic E-state index is 14.0. The molecule has 0 spiro atoms. The van der Waals surface area contributed by atoms with Gasteiger partial charge in [0.15, 0.2) is 0 Å². The molecule has 1 aromatic carbocycles. The Kier molecular flexibility index (Phi) is 4.57. The minimum absolute atomic E-state index is 0.00198. The predicted octanol–water partition coefficient (Wildman–Crippen LogP) is 3.69. The van der Waals surface area contributed by atoms with Crippen LogP contribution in [0.1, 0.15) is 44.2 Å². The van der Waals surface area contributed by atoms with E-state index in [4.69, 9.17) is 0 Å². The third kappa shape index (κ3) is 3.52. The van der Waals surface area contributed by atoms with Gasteiger partial charge >= 0.3 is 0 Å². The first-order valence-electron chi connectivity index (χ1n) is 10.5. The van der Waals surface area contributed by atoms with Gasteiger partial charge in [-0.05, 0) is 56.8 Å². The molecule has 1 unspecified atom stereocenters. The van der Waals surface area contributed by atoms with Crippen molar-refractivity contribution in [3.63, 3.8) is 0 Å². The molecule has 5 nitrogen and oxygen atoms in total. The minimum Gasteiger partial charge on any atom is -0.381 e. The number of aromatic nitrogens is 2. The highest BCUT2D eigenvalue weighted by atomic mass is 19.3. The van der Waals surface area contributed by atoms with Gasteiger partial charge < -0.3 is 10.2 Å². The molecule has 0 radical (unpaired) electrons. The van der Waals surface area contributed by atoms with Crippen molar-refractivity contribution in [2.75, 3.05) is 18.4 Å². The highest BCUT2D eigenvalue weighted by molar-refractivity contribution is 5.96. The summed E-state index contributed by atoms with van der Waals surface area (Å²) in [5.74, 6) is -2.53. The summed E-state index contributed by atoms with van der Waals surface area (Å²) in [6.07, 6.45) is 3.78. The zero-order valence-corrected chi connectivity index (χ0v) is 16.2. The summed E-state index contributed by atoms with van der Waals surface area (Å²) in [6.45, 7) is 1.81. The molecule has 2 aromatic rings. The van der Waals surface area contributed by atoms with Crippen LogP contribution in [-0.4, -0.2) is 46.2 Å². The average Bonchev–Trinajstić information content (AvgIpc) is 2.70. The van der Waals surface area contributed by atoms with E-state index in [9.17, 15) is 18.0 Å². The van der Waals surface area contributed by atoms with Gasteiger partial charge in [-0.2, -0.15) is 5.10 Å². The van der Waals surface area contributed by atoms with Crippen LogP contribution in [0.25, 0.3) is 10.8 Å². The lowest BCUT2D eigenvalue weighted by Gasteiger charge is -2.43. The molecule has 1 saturated heterocycles. The summed E-state index contributed by atoms with van der Waals surface area (Å²) in [7, 11) is 0. The fourth-order valence-electron chi connectivity index (χ4n) is 5.41. The molecule has 2 fully saturated rings. The number of halogens is 3. The zero-order chi connectivity index (χ0) is 20.2. The monoisotopic (exact) mass is 406 g/mol. The van der Waals surface area contributed by atoms with Crippen molar-refractivity contribution in [3.05, 3.63) is 34.0 Å². The van der Waals surface area contributed by atoms with Crippen LogP contribution < -0.4 is 10.9 Å². The van der Waals surface area contributed by atoms with E-state index in [2.05, 4.69) is 20.4 Å². The molecular formula is C21H25F3N4O. The largest absolute Gasteiger partial charge is 0.381 e. The Morgan fingerprint density at radius 1 is 1.10 bits per heavy atom. The SMILES string of the molecule is O=c1[nH]nc2c3c(cc(F)cc13)NC(C1CCN(C3CCC(F)(F)CC3)CC1)C2. The Morgan fingerprint density at radius 3 is 2.55 bits per heavy atom. The lowest BCUT2D eigenvalue weighted by Crippen LogP contribution is -2.47. The fraction of sp³-hybridized carbons (Fsp3) is 0.619. The highest BCUT2D eigenvalue weighted by Crippen LogP contribution is 2.38. The molecule has 1 aromatic heterocycles. The molecule has 156 valence electrons. The van der Waals surface area contributed by atoms with E-state index >= 15 is 0 Å². The van der Waals surface area contributed by atoms with Gasteiger partial charge in [-0.1, -0.05) is 0 Å². The number of hydrogen-bond donors (Lipinski definition) is 2. The zero-order valence-electron chi connectivity index (χ0n) is 16.2. The number of benzene rings is 1. The number of rotatable bonds is 2. The summed E-state index contributed by atoms with van der Waals surface area (Å²) < 4.78 is 40.9. The van der Waals surface area contributed by atoms with E-state index in [0.717, 1.165) is 31.6 Å². The molecule has 0 bridgehead atoms. The Labute approximate surface area is 166 Å². The Bertz CT molecular complexity index is 974. The standard InChI is InChI=1S/C21H25F3N4O/c22-13-9-15-19-17(10-13)25-16(11-18(19)26-27-20(15)29)12-3-7-28(8-4-12)14-1-5-21(23,24)6-2-14/h9-10,12,14,16,25H,1-8,11H2,(H,27,29). The van der Waals surface area contributed by atoms with E-state index < -0.39 is 11.7 Å². The van der Waals surface area contributed by atoms with Crippen LogP contribution in [0.3, 0.4) is 0 Å². The Morgan fingerprint density at radius 2 is 1.83 bits per heavy atom. The molecular weight excluding hydrogens is 381 g/mol. The number of nitrogens with zero attached hydrogens (tertiary/aromatic N) is 2. The number of anilines is 1. The number of H-pyrrole nitrogens is 1. The number of piperidine rings is 1. The number of hydrogen-bond acceptors (Lipinski definition) is 4. The molecule has 0 amide bonds. The van der Waals surface area contributed by atoms with Crippen LogP contribution >= 0.6 is 0 Å². The lowest BCUT2D eigenvalue weighted by atomic mass is 9.82. The summed E-state index contributed by atoms with van der Waals surface area (Å²) >= 11 is 0. The van der Waals surface area contributed by atoms with E-state index in [1.54, 1.807) is 0 Å². The number of likely N-dealkylation sites (tertiary alicyclic amines) is 1. The smallest absolute Gasteiger partial charge is 0.272 e. The van der Waals surface area contributed by atoms with Gasteiger partial charge in [0.2, 0.25) is 5.92 Å². The molecule has 1 atom stereocenters. The number of alkyl halides is 2. The van der Waals surface area contributed by atoms with E-state index in [1.807, 2.05) is 0 Å². The van der Waals surface area contributed by atoms with E-state index in [1.165, 1.54) is 12.1 Å². The molecule has 1 saturated carbocycles. The first-order valence-corrected chi connectivity index (χ1v) is 10.5. The van der Waals surface area contributed by atoms with Crippen molar-refractivity contribution in [1.82, 2.24) is 15.1 Å². The van der Waals surface area contributed by atoms with E-state index in [-0.39, 0.29) is 30.5 Å². The maximum atomic E-state index is 14.0. The summed E-state index contributed by atoms with van der Waals surface area (Å²) in [5, 5.41) is 11.2. The quantitative estimate of drug-likeness (QED) is 0.799. The molecule has 3 aliphatic rings. The topological polar surface area (TPSA) is 61.0 Å². The second-order valence-electron chi connectivity index (χ2n) is 8.79. The van der Waals surface area contributed by atoms with Gasteiger partial charge in [0.05, 0.1) is 11.1 Å². The predicted molar refractivity (Wildman–Crippen MR) is 105 cm³/mol. The van der Waals surface area contributed by atoms with Crippen molar-refractivity contribution < 1.29 is 13.2 Å². The lowest BCUT2D eigenvalue weighted by molar-refractivity contribution is -0.0569. The van der Waals surface area contributed by atoms with Crippen LogP contribution in [-0.2, 0) is 6.42 Å². The fourth-order valence-corrected chi connectivity index (χ4v) is 5.41. The molecule has 5 rings (SSSR count). The first kappa shape index (κ1) is 18.9. The molecule has 2 aliphatic heterocycles. The van der Waals surface area contributed by atoms with Crippen molar-refractivity contribution >= 4 is 16.5 Å². The first-order chi connectivity index (χ1) is 13.9. The third-order valence-corrected chi connectivity index (χ3v) is 7.03. The van der Waals surface area contributed by atoms with Gasteiger partial charge in [-0.15, -0.1) is 0 Å². The normalized spacial score (nSPS) is 25.8. The third-order valence-electron chi connectivity index (χ3n) is 7.03. The average molecular weight is 406 g/mol. The Hall–Kier alpha value is -2.09. The van der Waals surface area contributed by atoms with Gasteiger partial charge in [0.25, 0.3) is 5.56 Å². The molecule has 8 heteroatoms. The van der Waals surface area contributed by atoms with Gasteiger partial charge in [0.1, 0.15) is 5.82 Å².